The highest BCUT2D eigenvalue weighted by Gasteiger charge is 2.29. The Morgan fingerprint density at radius 1 is 1.12 bits per heavy atom. The van der Waals surface area contributed by atoms with Crippen molar-refractivity contribution in [1.29, 1.82) is 0 Å². The third-order valence-electron chi connectivity index (χ3n) is 5.48. The van der Waals surface area contributed by atoms with Gasteiger partial charge in [-0.3, -0.25) is 9.59 Å². The number of aromatic nitrogens is 1. The molecule has 3 rings (SSSR count). The number of hydrogen-bond acceptors (Lipinski definition) is 2. The molecule has 1 aliphatic carbocycles. The maximum Gasteiger partial charge on any atom is 0.227 e. The van der Waals surface area contributed by atoms with E-state index in [9.17, 15) is 9.59 Å². The van der Waals surface area contributed by atoms with E-state index in [-0.39, 0.29) is 11.7 Å². The number of benzene rings is 1. The first-order valence-electron chi connectivity index (χ1n) is 9.62. The SMILES string of the molecule is CCN(CC)C(=O)Cc1c2c(n(Cc3ccccc3)c1C)CCCC2=O. The monoisotopic (exact) mass is 352 g/mol. The van der Waals surface area contributed by atoms with Crippen LogP contribution in [0.3, 0.4) is 0 Å². The highest BCUT2D eigenvalue weighted by Crippen LogP contribution is 2.31. The number of amides is 1. The fourth-order valence-corrected chi connectivity index (χ4v) is 4.02. The van der Waals surface area contributed by atoms with E-state index in [1.807, 2.05) is 36.9 Å². The molecule has 1 aromatic carbocycles. The molecule has 2 aromatic rings. The van der Waals surface area contributed by atoms with Gasteiger partial charge in [-0.15, -0.1) is 0 Å². The summed E-state index contributed by atoms with van der Waals surface area (Å²) in [6.45, 7) is 8.20. The second kappa shape index (κ2) is 7.90. The zero-order chi connectivity index (χ0) is 18.7. The van der Waals surface area contributed by atoms with Crippen molar-refractivity contribution >= 4 is 11.7 Å². The zero-order valence-electron chi connectivity index (χ0n) is 16.0. The molecule has 0 saturated carbocycles. The van der Waals surface area contributed by atoms with E-state index in [4.69, 9.17) is 0 Å². The van der Waals surface area contributed by atoms with Crippen molar-refractivity contribution in [2.75, 3.05) is 13.1 Å². The second-order valence-electron chi connectivity index (χ2n) is 6.98. The smallest absolute Gasteiger partial charge is 0.227 e. The van der Waals surface area contributed by atoms with Crippen LogP contribution < -0.4 is 0 Å². The molecule has 1 amide bonds. The first-order valence-corrected chi connectivity index (χ1v) is 9.62. The van der Waals surface area contributed by atoms with Gasteiger partial charge in [0, 0.05) is 43.0 Å². The fourth-order valence-electron chi connectivity index (χ4n) is 4.02. The lowest BCUT2D eigenvalue weighted by Gasteiger charge is -2.19. The molecule has 1 heterocycles. The zero-order valence-corrected chi connectivity index (χ0v) is 16.0. The van der Waals surface area contributed by atoms with Crippen LogP contribution in [-0.2, 0) is 24.2 Å². The summed E-state index contributed by atoms with van der Waals surface area (Å²) in [7, 11) is 0. The van der Waals surface area contributed by atoms with E-state index < -0.39 is 0 Å². The molecular formula is C22H28N2O2. The van der Waals surface area contributed by atoms with Crippen LogP contribution in [-0.4, -0.2) is 34.2 Å². The molecule has 1 aromatic heterocycles. The van der Waals surface area contributed by atoms with Crippen LogP contribution in [0.4, 0.5) is 0 Å². The molecule has 4 nitrogen and oxygen atoms in total. The number of likely N-dealkylation sites (N-methyl/N-ethyl adjacent to an activating group) is 1. The predicted octanol–water partition coefficient (Wildman–Crippen LogP) is 3.77. The highest BCUT2D eigenvalue weighted by molar-refractivity contribution is 6.01. The van der Waals surface area contributed by atoms with Crippen molar-refractivity contribution in [3.05, 3.63) is 58.4 Å². The van der Waals surface area contributed by atoms with Crippen LogP contribution in [0.15, 0.2) is 30.3 Å². The van der Waals surface area contributed by atoms with Crippen LogP contribution in [0.2, 0.25) is 0 Å². The molecule has 0 unspecified atom stereocenters. The summed E-state index contributed by atoms with van der Waals surface area (Å²) in [5.41, 5.74) is 5.16. The van der Waals surface area contributed by atoms with E-state index in [2.05, 4.69) is 23.6 Å². The molecule has 4 heteroatoms. The van der Waals surface area contributed by atoms with E-state index in [0.29, 0.717) is 25.9 Å². The quantitative estimate of drug-likeness (QED) is 0.794. The van der Waals surface area contributed by atoms with Gasteiger partial charge in [0.1, 0.15) is 0 Å². The van der Waals surface area contributed by atoms with Gasteiger partial charge in [-0.25, -0.2) is 0 Å². The lowest BCUT2D eigenvalue weighted by atomic mass is 9.92. The average molecular weight is 352 g/mol. The molecule has 0 spiro atoms. The Morgan fingerprint density at radius 3 is 2.46 bits per heavy atom. The first kappa shape index (κ1) is 18.4. The third kappa shape index (κ3) is 3.46. The minimum atomic E-state index is 0.108. The van der Waals surface area contributed by atoms with Crippen molar-refractivity contribution in [3.63, 3.8) is 0 Å². The Kier molecular flexibility index (Phi) is 5.60. The maximum absolute atomic E-state index is 12.7. The Morgan fingerprint density at radius 2 is 1.81 bits per heavy atom. The minimum absolute atomic E-state index is 0.108. The van der Waals surface area contributed by atoms with Gasteiger partial charge >= 0.3 is 0 Å². The number of carbonyl (C=O) groups is 2. The van der Waals surface area contributed by atoms with Crippen molar-refractivity contribution in [3.8, 4) is 0 Å². The molecule has 0 bridgehead atoms. The van der Waals surface area contributed by atoms with Crippen LogP contribution >= 0.6 is 0 Å². The summed E-state index contributed by atoms with van der Waals surface area (Å²) in [4.78, 5) is 27.2. The Bertz CT molecular complexity index is 801. The van der Waals surface area contributed by atoms with Crippen LogP contribution in [0.1, 0.15) is 59.6 Å². The highest BCUT2D eigenvalue weighted by atomic mass is 16.2. The summed E-state index contributed by atoms with van der Waals surface area (Å²) in [6.07, 6.45) is 2.72. The first-order chi connectivity index (χ1) is 12.6. The summed E-state index contributed by atoms with van der Waals surface area (Å²) >= 11 is 0. The van der Waals surface area contributed by atoms with Gasteiger partial charge in [0.25, 0.3) is 0 Å². The van der Waals surface area contributed by atoms with Crippen LogP contribution in [0.5, 0.6) is 0 Å². The molecule has 0 fully saturated rings. The topological polar surface area (TPSA) is 42.3 Å². The predicted molar refractivity (Wildman–Crippen MR) is 104 cm³/mol. The van der Waals surface area contributed by atoms with Crippen LogP contribution in [0, 0.1) is 6.92 Å². The molecule has 26 heavy (non-hydrogen) atoms. The molecule has 138 valence electrons. The molecule has 0 radical (unpaired) electrons. The van der Waals surface area contributed by atoms with Crippen LogP contribution in [0.25, 0.3) is 0 Å². The second-order valence-corrected chi connectivity index (χ2v) is 6.98. The molecular weight excluding hydrogens is 324 g/mol. The van der Waals surface area contributed by atoms with Gasteiger partial charge in [-0.1, -0.05) is 30.3 Å². The van der Waals surface area contributed by atoms with Crippen molar-refractivity contribution in [2.24, 2.45) is 0 Å². The summed E-state index contributed by atoms with van der Waals surface area (Å²) in [6, 6.07) is 10.3. The van der Waals surface area contributed by atoms with Gasteiger partial charge in [-0.05, 0) is 44.7 Å². The molecule has 0 N–H and O–H groups in total. The van der Waals surface area contributed by atoms with E-state index in [0.717, 1.165) is 41.9 Å². The third-order valence-corrected chi connectivity index (χ3v) is 5.48. The van der Waals surface area contributed by atoms with E-state index in [1.54, 1.807) is 0 Å². The Hall–Kier alpha value is -2.36. The Balaban J connectivity index is 2.01. The molecule has 0 aliphatic heterocycles. The van der Waals surface area contributed by atoms with Gasteiger partial charge in [0.15, 0.2) is 5.78 Å². The number of rotatable bonds is 6. The fraction of sp³-hybridized carbons (Fsp3) is 0.455. The minimum Gasteiger partial charge on any atom is -0.343 e. The number of Topliss-reactive ketones (excluding diaryl/α,β-unsaturated/α-hetero) is 1. The average Bonchev–Trinajstić information content (AvgIpc) is 2.90. The van der Waals surface area contributed by atoms with Gasteiger partial charge < -0.3 is 9.47 Å². The summed E-state index contributed by atoms with van der Waals surface area (Å²) in [5.74, 6) is 0.305. The number of nitrogens with zero attached hydrogens (tertiary/aromatic N) is 2. The molecule has 0 saturated heterocycles. The Labute approximate surface area is 155 Å². The normalized spacial score (nSPS) is 13.6. The van der Waals surface area contributed by atoms with Crippen molar-refractivity contribution < 1.29 is 9.59 Å². The largest absolute Gasteiger partial charge is 0.343 e. The van der Waals surface area contributed by atoms with Crippen molar-refractivity contribution in [2.45, 2.75) is 53.0 Å². The molecule has 0 atom stereocenters. The van der Waals surface area contributed by atoms with Crippen molar-refractivity contribution in [1.82, 2.24) is 9.47 Å². The number of hydrogen-bond donors (Lipinski definition) is 0. The standard InChI is InChI=1S/C22H28N2O2/c1-4-23(5-2)21(26)14-18-16(3)24(15-17-10-7-6-8-11-17)19-12-9-13-20(25)22(18)19/h6-8,10-11H,4-5,9,12-15H2,1-3H3. The van der Waals surface area contributed by atoms with E-state index in [1.165, 1.54) is 5.56 Å². The molecule has 1 aliphatic rings. The number of carbonyl (C=O) groups excluding carboxylic acids is 2. The summed E-state index contributed by atoms with van der Waals surface area (Å²) < 4.78 is 2.26. The van der Waals surface area contributed by atoms with Gasteiger partial charge in [0.05, 0.1) is 6.42 Å². The lowest BCUT2D eigenvalue weighted by molar-refractivity contribution is -0.130. The maximum atomic E-state index is 12.7. The van der Waals surface area contributed by atoms with Gasteiger partial charge in [0.2, 0.25) is 5.91 Å². The summed E-state index contributed by atoms with van der Waals surface area (Å²) in [5, 5.41) is 0. The van der Waals surface area contributed by atoms with Gasteiger partial charge in [-0.2, -0.15) is 0 Å². The number of ketones is 1. The lowest BCUT2D eigenvalue weighted by Crippen LogP contribution is -2.32. The number of fused-ring (bicyclic) bond motifs is 1. The van der Waals surface area contributed by atoms with E-state index >= 15 is 0 Å².